The molecule has 0 atom stereocenters. The number of fused-ring (bicyclic) bond motifs is 4. The van der Waals surface area contributed by atoms with E-state index in [4.69, 9.17) is 13.9 Å². The van der Waals surface area contributed by atoms with Gasteiger partial charge in [-0.25, -0.2) is 4.98 Å². The van der Waals surface area contributed by atoms with Crippen molar-refractivity contribution in [2.24, 2.45) is 0 Å². The van der Waals surface area contributed by atoms with Gasteiger partial charge in [-0.05, 0) is 31.2 Å². The lowest BCUT2D eigenvalue weighted by molar-refractivity contribution is -0.113. The number of amides is 1. The maximum absolute atomic E-state index is 12.6. The first-order chi connectivity index (χ1) is 15.6. The third-order valence-corrected chi connectivity index (χ3v) is 5.93. The molecule has 0 fully saturated rings. The molecule has 0 unspecified atom stereocenters. The number of carbonyl (C=O) groups excluding carboxylic acids is 1. The number of methoxy groups -OCH3 is 1. The lowest BCUT2D eigenvalue weighted by Gasteiger charge is -2.10. The first kappa shape index (κ1) is 20.3. The summed E-state index contributed by atoms with van der Waals surface area (Å²) in [4.78, 5) is 20.4. The SMILES string of the molecule is CCOc1ccc2nc(SCC(=O)Nc3cc4oc5ccccc5c4cc3OC)[nH]c2c1. The minimum atomic E-state index is -0.167. The average Bonchev–Trinajstić information content (AvgIpc) is 3.37. The van der Waals surface area contributed by atoms with Gasteiger partial charge in [-0.3, -0.25) is 4.79 Å². The van der Waals surface area contributed by atoms with E-state index in [2.05, 4.69) is 15.3 Å². The molecule has 7 nitrogen and oxygen atoms in total. The maximum Gasteiger partial charge on any atom is 0.234 e. The number of imidazole rings is 1. The zero-order chi connectivity index (χ0) is 22.1. The molecule has 5 aromatic rings. The van der Waals surface area contributed by atoms with Crippen molar-refractivity contribution in [3.05, 3.63) is 54.6 Å². The van der Waals surface area contributed by atoms with Gasteiger partial charge >= 0.3 is 0 Å². The number of hydrogen-bond donors (Lipinski definition) is 2. The molecule has 0 saturated carbocycles. The standard InChI is InChI=1S/C24H21N3O4S/c1-3-30-14-8-9-17-18(10-14)27-24(26-17)32-13-23(28)25-19-12-21-16(11-22(19)29-2)15-6-4-5-7-20(15)31-21/h4-12H,3,13H2,1-2H3,(H,25,28)(H,26,27). The Morgan fingerprint density at radius 2 is 2.00 bits per heavy atom. The Hall–Kier alpha value is -3.65. The number of furan rings is 1. The highest BCUT2D eigenvalue weighted by atomic mass is 32.2. The van der Waals surface area contributed by atoms with Gasteiger partial charge in [-0.15, -0.1) is 0 Å². The van der Waals surface area contributed by atoms with E-state index in [0.717, 1.165) is 33.1 Å². The summed E-state index contributed by atoms with van der Waals surface area (Å²) in [5, 5.41) is 5.54. The lowest BCUT2D eigenvalue weighted by atomic mass is 10.1. The van der Waals surface area contributed by atoms with E-state index in [9.17, 15) is 4.79 Å². The van der Waals surface area contributed by atoms with Gasteiger partial charge in [-0.2, -0.15) is 0 Å². The second-order valence-corrected chi connectivity index (χ2v) is 8.10. The third kappa shape index (κ3) is 3.85. The van der Waals surface area contributed by atoms with E-state index in [1.807, 2.05) is 55.5 Å². The van der Waals surface area contributed by atoms with Crippen LogP contribution in [0.5, 0.6) is 11.5 Å². The molecule has 32 heavy (non-hydrogen) atoms. The topological polar surface area (TPSA) is 89.4 Å². The number of nitrogens with zero attached hydrogens (tertiary/aromatic N) is 1. The number of ether oxygens (including phenoxy) is 2. The molecule has 162 valence electrons. The molecular weight excluding hydrogens is 426 g/mol. The summed E-state index contributed by atoms with van der Waals surface area (Å²) >= 11 is 1.33. The van der Waals surface area contributed by atoms with Crippen LogP contribution in [0.2, 0.25) is 0 Å². The van der Waals surface area contributed by atoms with Gasteiger partial charge in [0.1, 0.15) is 22.7 Å². The average molecular weight is 448 g/mol. The number of H-pyrrole nitrogens is 1. The Morgan fingerprint density at radius 3 is 2.84 bits per heavy atom. The van der Waals surface area contributed by atoms with Gasteiger partial charge in [-0.1, -0.05) is 30.0 Å². The highest BCUT2D eigenvalue weighted by Gasteiger charge is 2.15. The predicted octanol–water partition coefficient (Wildman–Crippen LogP) is 5.60. The van der Waals surface area contributed by atoms with Gasteiger partial charge in [0, 0.05) is 22.9 Å². The number of nitrogens with one attached hydrogen (secondary N) is 2. The molecule has 8 heteroatoms. The van der Waals surface area contributed by atoms with Gasteiger partial charge < -0.3 is 24.2 Å². The third-order valence-electron chi connectivity index (χ3n) is 5.06. The first-order valence-electron chi connectivity index (χ1n) is 10.2. The molecule has 2 N–H and O–H groups in total. The molecule has 0 radical (unpaired) electrons. The van der Waals surface area contributed by atoms with Gasteiger partial charge in [0.05, 0.1) is 36.2 Å². The van der Waals surface area contributed by atoms with Crippen LogP contribution in [0.15, 0.2) is 64.2 Å². The van der Waals surface area contributed by atoms with E-state index >= 15 is 0 Å². The van der Waals surface area contributed by atoms with Gasteiger partial charge in [0.15, 0.2) is 5.16 Å². The number of hydrogen-bond acceptors (Lipinski definition) is 6. The summed E-state index contributed by atoms with van der Waals surface area (Å²) in [7, 11) is 1.58. The van der Waals surface area contributed by atoms with Crippen LogP contribution in [-0.2, 0) is 4.79 Å². The molecule has 0 spiro atoms. The number of anilines is 1. The van der Waals surface area contributed by atoms with Gasteiger partial charge in [0.2, 0.25) is 5.91 Å². The van der Waals surface area contributed by atoms with E-state index < -0.39 is 0 Å². The van der Waals surface area contributed by atoms with Crippen molar-refractivity contribution in [3.8, 4) is 11.5 Å². The largest absolute Gasteiger partial charge is 0.495 e. The summed E-state index contributed by atoms with van der Waals surface area (Å²) in [6.45, 7) is 2.54. The monoisotopic (exact) mass is 447 g/mol. The van der Waals surface area contributed by atoms with Crippen molar-refractivity contribution in [1.29, 1.82) is 0 Å². The fourth-order valence-corrected chi connectivity index (χ4v) is 4.31. The minimum absolute atomic E-state index is 0.167. The zero-order valence-corrected chi connectivity index (χ0v) is 18.4. The van der Waals surface area contributed by atoms with Crippen LogP contribution in [0.1, 0.15) is 6.92 Å². The van der Waals surface area contributed by atoms with Crippen LogP contribution >= 0.6 is 11.8 Å². The number of aromatic amines is 1. The molecule has 0 saturated heterocycles. The second kappa shape index (κ2) is 8.47. The van der Waals surface area contributed by atoms with Crippen molar-refractivity contribution in [3.63, 3.8) is 0 Å². The predicted molar refractivity (Wildman–Crippen MR) is 127 cm³/mol. The van der Waals surface area contributed by atoms with E-state index in [-0.39, 0.29) is 11.7 Å². The van der Waals surface area contributed by atoms with E-state index in [1.165, 1.54) is 11.8 Å². The molecule has 1 amide bonds. The van der Waals surface area contributed by atoms with Crippen molar-refractivity contribution in [2.45, 2.75) is 12.1 Å². The Bertz CT molecular complexity index is 1440. The maximum atomic E-state index is 12.6. The molecule has 2 heterocycles. The van der Waals surface area contributed by atoms with Crippen molar-refractivity contribution in [2.75, 3.05) is 24.8 Å². The Morgan fingerprint density at radius 1 is 1.12 bits per heavy atom. The first-order valence-corrected chi connectivity index (χ1v) is 11.2. The number of rotatable bonds is 7. The molecule has 5 rings (SSSR count). The Balaban J connectivity index is 1.32. The fraction of sp³-hybridized carbons (Fsp3) is 0.167. The van der Waals surface area contributed by atoms with Crippen LogP contribution < -0.4 is 14.8 Å². The summed E-state index contributed by atoms with van der Waals surface area (Å²) in [5.74, 6) is 1.39. The lowest BCUT2D eigenvalue weighted by Crippen LogP contribution is -2.14. The van der Waals surface area contributed by atoms with E-state index in [1.54, 1.807) is 13.2 Å². The van der Waals surface area contributed by atoms with Crippen LogP contribution in [0.3, 0.4) is 0 Å². The molecular formula is C24H21N3O4S. The molecule has 0 aliphatic heterocycles. The second-order valence-electron chi connectivity index (χ2n) is 7.14. The molecule has 0 bridgehead atoms. The van der Waals surface area contributed by atoms with Crippen LogP contribution in [0.25, 0.3) is 33.0 Å². The van der Waals surface area contributed by atoms with Crippen molar-refractivity contribution < 1.29 is 18.7 Å². The van der Waals surface area contributed by atoms with Crippen LogP contribution in [0, 0.1) is 0 Å². The van der Waals surface area contributed by atoms with Crippen molar-refractivity contribution >= 4 is 56.3 Å². The number of para-hydroxylation sites is 1. The summed E-state index contributed by atoms with van der Waals surface area (Å²) < 4.78 is 17.0. The van der Waals surface area contributed by atoms with Crippen molar-refractivity contribution in [1.82, 2.24) is 9.97 Å². The molecule has 0 aliphatic carbocycles. The minimum Gasteiger partial charge on any atom is -0.495 e. The number of thioether (sulfide) groups is 1. The summed E-state index contributed by atoms with van der Waals surface area (Å²) in [6.07, 6.45) is 0. The van der Waals surface area contributed by atoms with Gasteiger partial charge in [0.25, 0.3) is 0 Å². The Kier molecular flexibility index (Phi) is 5.36. The van der Waals surface area contributed by atoms with E-state index in [0.29, 0.717) is 28.8 Å². The highest BCUT2D eigenvalue weighted by molar-refractivity contribution is 7.99. The number of aromatic nitrogens is 2. The quantitative estimate of drug-likeness (QED) is 0.316. The van der Waals surface area contributed by atoms with Crippen LogP contribution in [0.4, 0.5) is 5.69 Å². The summed E-state index contributed by atoms with van der Waals surface area (Å²) in [6, 6.07) is 17.2. The number of benzene rings is 3. The number of carbonyl (C=O) groups is 1. The fourth-order valence-electron chi connectivity index (χ4n) is 3.63. The zero-order valence-electron chi connectivity index (χ0n) is 17.6. The molecule has 2 aromatic heterocycles. The molecule has 3 aromatic carbocycles. The highest BCUT2D eigenvalue weighted by Crippen LogP contribution is 2.36. The Labute approximate surface area is 188 Å². The summed E-state index contributed by atoms with van der Waals surface area (Å²) in [5.41, 5.74) is 3.75. The van der Waals surface area contributed by atoms with Crippen LogP contribution in [-0.4, -0.2) is 35.3 Å². The molecule has 0 aliphatic rings. The normalized spacial score (nSPS) is 11.3. The smallest absolute Gasteiger partial charge is 0.234 e.